The molecule has 0 aromatic rings. The van der Waals surface area contributed by atoms with Gasteiger partial charge in [0.15, 0.2) is 0 Å². The van der Waals surface area contributed by atoms with Crippen molar-refractivity contribution in [3.63, 3.8) is 0 Å². The highest BCUT2D eigenvalue weighted by Gasteiger charge is 2.33. The molecule has 1 aliphatic heterocycles. The van der Waals surface area contributed by atoms with Gasteiger partial charge in [0.2, 0.25) is 0 Å². The maximum atomic E-state index is 5.72. The molecule has 0 saturated carbocycles. The largest absolute Gasteiger partial charge is 0.373 e. The minimum atomic E-state index is 0.0164. The van der Waals surface area contributed by atoms with E-state index in [1.165, 1.54) is 6.42 Å². The summed E-state index contributed by atoms with van der Waals surface area (Å²) in [5, 5.41) is 3.52. The second-order valence-electron chi connectivity index (χ2n) is 4.59. The van der Waals surface area contributed by atoms with Gasteiger partial charge in [-0.15, -0.1) is 0 Å². The van der Waals surface area contributed by atoms with Crippen LogP contribution in [0.1, 0.15) is 34.1 Å². The number of morpholine rings is 1. The Hall–Kier alpha value is -0.0800. The zero-order valence-corrected chi connectivity index (χ0v) is 8.68. The molecule has 0 amide bonds. The van der Waals surface area contributed by atoms with Gasteiger partial charge in [0, 0.05) is 12.6 Å². The van der Waals surface area contributed by atoms with Gasteiger partial charge in [-0.2, -0.15) is 0 Å². The Morgan fingerprint density at radius 3 is 2.67 bits per heavy atom. The topological polar surface area (TPSA) is 21.3 Å². The molecule has 1 saturated heterocycles. The van der Waals surface area contributed by atoms with E-state index in [1.807, 2.05) is 0 Å². The monoisotopic (exact) mass is 171 g/mol. The van der Waals surface area contributed by atoms with Crippen molar-refractivity contribution >= 4 is 0 Å². The molecule has 1 heterocycles. The van der Waals surface area contributed by atoms with Crippen molar-refractivity contribution in [2.24, 2.45) is 5.92 Å². The highest BCUT2D eigenvalue weighted by atomic mass is 16.5. The Balaban J connectivity index is 2.48. The maximum Gasteiger partial charge on any atom is 0.0779 e. The van der Waals surface area contributed by atoms with Crippen LogP contribution in [0.5, 0.6) is 0 Å². The van der Waals surface area contributed by atoms with Crippen LogP contribution in [0.2, 0.25) is 0 Å². The average Bonchev–Trinajstić information content (AvgIpc) is 1.92. The molecule has 0 spiro atoms. The van der Waals surface area contributed by atoms with Crippen LogP contribution in [0.3, 0.4) is 0 Å². The summed E-state index contributed by atoms with van der Waals surface area (Å²) in [5.74, 6) is 0.739. The molecular formula is C10H21NO. The van der Waals surface area contributed by atoms with Gasteiger partial charge in [0.1, 0.15) is 0 Å². The predicted octanol–water partition coefficient (Wildman–Crippen LogP) is 1.80. The van der Waals surface area contributed by atoms with Gasteiger partial charge in [-0.05, 0) is 26.2 Å². The van der Waals surface area contributed by atoms with E-state index in [1.54, 1.807) is 0 Å². The third-order valence-electron chi connectivity index (χ3n) is 2.51. The first kappa shape index (κ1) is 10.0. The van der Waals surface area contributed by atoms with E-state index in [2.05, 4.69) is 33.0 Å². The molecule has 0 bridgehead atoms. The van der Waals surface area contributed by atoms with E-state index in [0.29, 0.717) is 6.04 Å². The number of ether oxygens (including phenoxy) is 1. The minimum absolute atomic E-state index is 0.0164. The summed E-state index contributed by atoms with van der Waals surface area (Å²) in [4.78, 5) is 0. The van der Waals surface area contributed by atoms with Crippen LogP contribution >= 0.6 is 0 Å². The van der Waals surface area contributed by atoms with Crippen molar-refractivity contribution in [3.05, 3.63) is 0 Å². The second kappa shape index (κ2) is 3.75. The van der Waals surface area contributed by atoms with E-state index < -0.39 is 0 Å². The van der Waals surface area contributed by atoms with Crippen molar-refractivity contribution in [2.45, 2.75) is 45.8 Å². The van der Waals surface area contributed by atoms with E-state index in [0.717, 1.165) is 19.1 Å². The van der Waals surface area contributed by atoms with Gasteiger partial charge >= 0.3 is 0 Å². The number of hydrogen-bond donors (Lipinski definition) is 1. The lowest BCUT2D eigenvalue weighted by molar-refractivity contribution is -0.0753. The summed E-state index contributed by atoms with van der Waals surface area (Å²) in [7, 11) is 0. The first-order valence-corrected chi connectivity index (χ1v) is 4.89. The summed E-state index contributed by atoms with van der Waals surface area (Å²) in [6.07, 6.45) is 1.20. The number of nitrogens with one attached hydrogen (secondary N) is 1. The Morgan fingerprint density at radius 1 is 1.50 bits per heavy atom. The van der Waals surface area contributed by atoms with Gasteiger partial charge < -0.3 is 10.1 Å². The fraction of sp³-hybridized carbons (Fsp3) is 1.00. The van der Waals surface area contributed by atoms with Crippen LogP contribution in [0.4, 0.5) is 0 Å². The van der Waals surface area contributed by atoms with Crippen molar-refractivity contribution in [2.75, 3.05) is 13.2 Å². The molecule has 72 valence electrons. The van der Waals surface area contributed by atoms with Crippen LogP contribution in [0.15, 0.2) is 0 Å². The molecule has 1 unspecified atom stereocenters. The first-order valence-electron chi connectivity index (χ1n) is 4.89. The van der Waals surface area contributed by atoms with Crippen LogP contribution in [-0.2, 0) is 4.74 Å². The minimum Gasteiger partial charge on any atom is -0.373 e. The van der Waals surface area contributed by atoms with E-state index >= 15 is 0 Å². The standard InChI is InChI=1S/C10H21NO/c1-8(2)7-9-10(3,4)12-6-5-11-9/h8-9,11H,5-7H2,1-4H3. The molecule has 1 atom stereocenters. The summed E-state index contributed by atoms with van der Waals surface area (Å²) in [5.41, 5.74) is 0.0164. The Morgan fingerprint density at radius 2 is 2.17 bits per heavy atom. The molecule has 12 heavy (non-hydrogen) atoms. The van der Waals surface area contributed by atoms with Gasteiger partial charge in [-0.3, -0.25) is 0 Å². The molecule has 2 nitrogen and oxygen atoms in total. The fourth-order valence-corrected chi connectivity index (χ4v) is 1.73. The SMILES string of the molecule is CC(C)CC1NCCOC1(C)C. The first-order chi connectivity index (χ1) is 5.52. The average molecular weight is 171 g/mol. The second-order valence-corrected chi connectivity index (χ2v) is 4.59. The lowest BCUT2D eigenvalue weighted by atomic mass is 9.89. The molecule has 0 aliphatic carbocycles. The van der Waals surface area contributed by atoms with Crippen molar-refractivity contribution in [1.82, 2.24) is 5.32 Å². The third-order valence-corrected chi connectivity index (χ3v) is 2.51. The summed E-state index contributed by atoms with van der Waals surface area (Å²) in [6, 6.07) is 0.520. The molecule has 1 fully saturated rings. The molecule has 1 aliphatic rings. The zero-order valence-electron chi connectivity index (χ0n) is 8.68. The third kappa shape index (κ3) is 2.46. The van der Waals surface area contributed by atoms with Gasteiger partial charge in [-0.1, -0.05) is 13.8 Å². The predicted molar refractivity (Wildman–Crippen MR) is 51.3 cm³/mol. The normalized spacial score (nSPS) is 29.2. The molecule has 0 radical (unpaired) electrons. The number of hydrogen-bond acceptors (Lipinski definition) is 2. The summed E-state index contributed by atoms with van der Waals surface area (Å²) >= 11 is 0. The van der Waals surface area contributed by atoms with Crippen LogP contribution in [0.25, 0.3) is 0 Å². The maximum absolute atomic E-state index is 5.72. The summed E-state index contributed by atoms with van der Waals surface area (Å²) in [6.45, 7) is 10.7. The molecule has 1 N–H and O–H groups in total. The van der Waals surface area contributed by atoms with Gasteiger partial charge in [0.05, 0.1) is 12.2 Å². The lowest BCUT2D eigenvalue weighted by Crippen LogP contribution is -2.55. The van der Waals surface area contributed by atoms with Crippen molar-refractivity contribution in [3.8, 4) is 0 Å². The van der Waals surface area contributed by atoms with Crippen LogP contribution < -0.4 is 5.32 Å². The molecule has 1 rings (SSSR count). The molecule has 0 aromatic heterocycles. The fourth-order valence-electron chi connectivity index (χ4n) is 1.73. The van der Waals surface area contributed by atoms with Gasteiger partial charge in [0.25, 0.3) is 0 Å². The molecular weight excluding hydrogens is 150 g/mol. The van der Waals surface area contributed by atoms with E-state index in [9.17, 15) is 0 Å². The Kier molecular flexibility index (Phi) is 3.13. The van der Waals surface area contributed by atoms with E-state index in [4.69, 9.17) is 4.74 Å². The van der Waals surface area contributed by atoms with Crippen molar-refractivity contribution in [1.29, 1.82) is 0 Å². The Bertz CT molecular complexity index is 143. The smallest absolute Gasteiger partial charge is 0.0779 e. The van der Waals surface area contributed by atoms with E-state index in [-0.39, 0.29) is 5.60 Å². The van der Waals surface area contributed by atoms with Crippen molar-refractivity contribution < 1.29 is 4.74 Å². The van der Waals surface area contributed by atoms with Crippen LogP contribution in [0, 0.1) is 5.92 Å². The lowest BCUT2D eigenvalue weighted by Gasteiger charge is -2.40. The Labute approximate surface area is 75.7 Å². The molecule has 2 heteroatoms. The molecule has 0 aromatic carbocycles. The highest BCUT2D eigenvalue weighted by Crippen LogP contribution is 2.23. The highest BCUT2D eigenvalue weighted by molar-refractivity contribution is 4.89. The zero-order chi connectivity index (χ0) is 9.19. The quantitative estimate of drug-likeness (QED) is 0.684. The van der Waals surface area contributed by atoms with Gasteiger partial charge in [-0.25, -0.2) is 0 Å². The number of rotatable bonds is 2. The van der Waals surface area contributed by atoms with Crippen LogP contribution in [-0.4, -0.2) is 24.8 Å². The summed E-state index contributed by atoms with van der Waals surface area (Å²) < 4.78 is 5.72.